The first-order valence-corrected chi connectivity index (χ1v) is 8.16. The number of hydrogen-bond acceptors (Lipinski definition) is 3. The summed E-state index contributed by atoms with van der Waals surface area (Å²) in [5, 5.41) is 9.64. The zero-order valence-electron chi connectivity index (χ0n) is 13.3. The molecule has 120 valence electrons. The smallest absolute Gasteiger partial charge is 0.151 e. The van der Waals surface area contributed by atoms with Gasteiger partial charge in [-0.05, 0) is 38.8 Å². The Morgan fingerprint density at radius 1 is 1.36 bits per heavy atom. The van der Waals surface area contributed by atoms with Gasteiger partial charge in [0.05, 0.1) is 18.7 Å². The Morgan fingerprint density at radius 2 is 2.18 bits per heavy atom. The summed E-state index contributed by atoms with van der Waals surface area (Å²) < 4.78 is 16.1. The molecule has 0 spiro atoms. The number of para-hydroxylation sites is 1. The van der Waals surface area contributed by atoms with Gasteiger partial charge in [0.1, 0.15) is 11.3 Å². The molecule has 0 aliphatic carbocycles. The summed E-state index contributed by atoms with van der Waals surface area (Å²) in [6.45, 7) is 5.85. The van der Waals surface area contributed by atoms with E-state index < -0.39 is 0 Å². The molecule has 0 bridgehead atoms. The predicted molar refractivity (Wildman–Crippen MR) is 85.1 cm³/mol. The van der Waals surface area contributed by atoms with Crippen molar-refractivity contribution in [3.05, 3.63) is 29.8 Å². The number of benzene rings is 1. The molecule has 3 rings (SSSR count). The molecule has 1 aromatic carbocycles. The first-order chi connectivity index (χ1) is 10.7. The summed E-state index contributed by atoms with van der Waals surface area (Å²) in [7, 11) is 0. The van der Waals surface area contributed by atoms with Crippen molar-refractivity contribution in [3.63, 3.8) is 0 Å². The number of aliphatic hydroxyl groups excluding tert-OH is 1. The van der Waals surface area contributed by atoms with E-state index in [4.69, 9.17) is 0 Å². The second kappa shape index (κ2) is 6.34. The number of halogens is 1. The maximum Gasteiger partial charge on any atom is 0.151 e. The third kappa shape index (κ3) is 2.63. The summed E-state index contributed by atoms with van der Waals surface area (Å²) in [5.41, 5.74) is 1.30. The highest BCUT2D eigenvalue weighted by Crippen LogP contribution is 2.26. The van der Waals surface area contributed by atoms with Crippen LogP contribution in [0.2, 0.25) is 0 Å². The number of hydrogen-bond donors (Lipinski definition) is 1. The molecular formula is C17H24FN3O. The fourth-order valence-electron chi connectivity index (χ4n) is 3.62. The van der Waals surface area contributed by atoms with E-state index in [1.54, 1.807) is 6.07 Å². The van der Waals surface area contributed by atoms with E-state index in [9.17, 15) is 9.50 Å². The summed E-state index contributed by atoms with van der Waals surface area (Å²) >= 11 is 0. The number of fused-ring (bicyclic) bond motifs is 1. The highest BCUT2D eigenvalue weighted by Gasteiger charge is 2.28. The zero-order valence-corrected chi connectivity index (χ0v) is 13.3. The third-order valence-electron chi connectivity index (χ3n) is 4.85. The van der Waals surface area contributed by atoms with Crippen LogP contribution in [0.3, 0.4) is 0 Å². The third-order valence-corrected chi connectivity index (χ3v) is 4.85. The summed E-state index contributed by atoms with van der Waals surface area (Å²) in [4.78, 5) is 6.86. The van der Waals surface area contributed by atoms with Crippen molar-refractivity contribution in [3.8, 4) is 0 Å². The van der Waals surface area contributed by atoms with Gasteiger partial charge in [0.25, 0.3) is 0 Å². The lowest BCUT2D eigenvalue weighted by Crippen LogP contribution is -2.46. The average molecular weight is 305 g/mol. The van der Waals surface area contributed by atoms with E-state index in [-0.39, 0.29) is 18.5 Å². The topological polar surface area (TPSA) is 41.3 Å². The van der Waals surface area contributed by atoms with Gasteiger partial charge in [-0.2, -0.15) is 0 Å². The van der Waals surface area contributed by atoms with Gasteiger partial charge in [0.2, 0.25) is 0 Å². The van der Waals surface area contributed by atoms with Crippen molar-refractivity contribution >= 4 is 11.0 Å². The summed E-state index contributed by atoms with van der Waals surface area (Å²) in [6.07, 6.45) is 3.31. The monoisotopic (exact) mass is 305 g/mol. The predicted octanol–water partition coefficient (Wildman–Crippen LogP) is 2.93. The Kier molecular flexibility index (Phi) is 4.45. The molecule has 1 fully saturated rings. The molecule has 1 saturated heterocycles. The Morgan fingerprint density at radius 3 is 2.91 bits per heavy atom. The quantitative estimate of drug-likeness (QED) is 0.944. The van der Waals surface area contributed by atoms with Crippen LogP contribution < -0.4 is 0 Å². The number of nitrogens with zero attached hydrogens (tertiary/aromatic N) is 3. The van der Waals surface area contributed by atoms with Gasteiger partial charge >= 0.3 is 0 Å². The first-order valence-electron chi connectivity index (χ1n) is 8.16. The minimum atomic E-state index is -0.267. The number of imidazole rings is 1. The van der Waals surface area contributed by atoms with Crippen LogP contribution in [-0.4, -0.2) is 38.2 Å². The van der Waals surface area contributed by atoms with Crippen LogP contribution in [0.25, 0.3) is 11.0 Å². The molecule has 4 nitrogen and oxygen atoms in total. The molecule has 1 N–H and O–H groups in total. The molecule has 0 saturated carbocycles. The normalized spacial score (nSPS) is 23.3. The lowest BCUT2D eigenvalue weighted by Gasteiger charge is -2.39. The summed E-state index contributed by atoms with van der Waals surface area (Å²) in [5.74, 6) is 0.617. The van der Waals surface area contributed by atoms with Crippen LogP contribution >= 0.6 is 0 Å². The Bertz CT molecular complexity index is 655. The lowest BCUT2D eigenvalue weighted by atomic mass is 9.97. The minimum Gasteiger partial charge on any atom is -0.395 e. The van der Waals surface area contributed by atoms with Gasteiger partial charge in [-0.3, -0.25) is 4.90 Å². The molecule has 2 aromatic rings. The molecule has 2 heterocycles. The number of aromatic nitrogens is 2. The van der Waals surface area contributed by atoms with Gasteiger partial charge in [-0.15, -0.1) is 0 Å². The second-order valence-electron chi connectivity index (χ2n) is 6.17. The maximum atomic E-state index is 14.0. The van der Waals surface area contributed by atoms with Crippen LogP contribution in [0.1, 0.15) is 38.9 Å². The molecule has 2 atom stereocenters. The Balaban J connectivity index is 1.97. The van der Waals surface area contributed by atoms with Crippen LogP contribution in [-0.2, 0) is 13.1 Å². The second-order valence-corrected chi connectivity index (χ2v) is 6.17. The lowest BCUT2D eigenvalue weighted by molar-refractivity contribution is 0.0424. The minimum absolute atomic E-state index is 0.172. The zero-order chi connectivity index (χ0) is 15.7. The number of aliphatic hydroxyl groups is 1. The molecule has 2 unspecified atom stereocenters. The van der Waals surface area contributed by atoms with Gasteiger partial charge in [0, 0.05) is 18.6 Å². The first kappa shape index (κ1) is 15.4. The van der Waals surface area contributed by atoms with Crippen molar-refractivity contribution in [1.29, 1.82) is 0 Å². The molecule has 0 radical (unpaired) electrons. The molecule has 1 aliphatic heterocycles. The van der Waals surface area contributed by atoms with Crippen molar-refractivity contribution in [2.75, 3.05) is 6.61 Å². The highest BCUT2D eigenvalue weighted by atomic mass is 19.1. The number of likely N-dealkylation sites (tertiary alicyclic amines) is 1. The van der Waals surface area contributed by atoms with Crippen molar-refractivity contribution < 1.29 is 9.50 Å². The molecule has 0 amide bonds. The van der Waals surface area contributed by atoms with Crippen LogP contribution in [0.4, 0.5) is 4.39 Å². The SMILES string of the molecule is CCn1c(CN2C(C)CCCC2CO)nc2c(F)cccc21. The van der Waals surface area contributed by atoms with E-state index in [0.717, 1.165) is 37.1 Å². The van der Waals surface area contributed by atoms with Gasteiger partial charge in [-0.25, -0.2) is 9.37 Å². The molecule has 1 aliphatic rings. The average Bonchev–Trinajstić information content (AvgIpc) is 2.88. The van der Waals surface area contributed by atoms with Gasteiger partial charge in [-0.1, -0.05) is 12.5 Å². The molecule has 22 heavy (non-hydrogen) atoms. The van der Waals surface area contributed by atoms with Crippen LogP contribution in [0.5, 0.6) is 0 Å². The van der Waals surface area contributed by atoms with E-state index in [0.29, 0.717) is 18.1 Å². The largest absolute Gasteiger partial charge is 0.395 e. The standard InChI is InChI=1S/C17H24FN3O/c1-3-20-15-9-5-8-14(18)17(15)19-16(20)10-21-12(2)6-4-7-13(21)11-22/h5,8-9,12-13,22H,3-4,6-7,10-11H2,1-2H3. The Labute approximate surface area is 130 Å². The maximum absolute atomic E-state index is 14.0. The summed E-state index contributed by atoms with van der Waals surface area (Å²) in [6, 6.07) is 5.70. The van der Waals surface area contributed by atoms with E-state index in [1.165, 1.54) is 6.07 Å². The molecular weight excluding hydrogens is 281 g/mol. The van der Waals surface area contributed by atoms with Crippen molar-refractivity contribution in [1.82, 2.24) is 14.5 Å². The van der Waals surface area contributed by atoms with Crippen molar-refractivity contribution in [2.45, 2.75) is 58.3 Å². The highest BCUT2D eigenvalue weighted by molar-refractivity contribution is 5.76. The number of piperidine rings is 1. The molecule has 1 aromatic heterocycles. The number of aryl methyl sites for hydroxylation is 1. The van der Waals surface area contributed by atoms with Gasteiger partial charge < -0.3 is 9.67 Å². The number of rotatable bonds is 4. The Hall–Kier alpha value is -1.46. The van der Waals surface area contributed by atoms with E-state index in [1.807, 2.05) is 6.07 Å². The van der Waals surface area contributed by atoms with Crippen molar-refractivity contribution in [2.24, 2.45) is 0 Å². The van der Waals surface area contributed by atoms with E-state index >= 15 is 0 Å². The van der Waals surface area contributed by atoms with Crippen LogP contribution in [0, 0.1) is 5.82 Å². The fraction of sp³-hybridized carbons (Fsp3) is 0.588. The van der Waals surface area contributed by atoms with Gasteiger partial charge in [0.15, 0.2) is 5.82 Å². The van der Waals surface area contributed by atoms with E-state index in [2.05, 4.69) is 28.3 Å². The fourth-order valence-corrected chi connectivity index (χ4v) is 3.62. The van der Waals surface area contributed by atoms with Crippen LogP contribution in [0.15, 0.2) is 18.2 Å². The molecule has 5 heteroatoms.